The lowest BCUT2D eigenvalue weighted by Crippen LogP contribution is -2.57. The summed E-state index contributed by atoms with van der Waals surface area (Å²) in [5, 5.41) is -1.17. The highest BCUT2D eigenvalue weighted by molar-refractivity contribution is 7.87. The molecule has 0 heterocycles. The van der Waals surface area contributed by atoms with Crippen molar-refractivity contribution in [3.05, 3.63) is 0 Å². The van der Waals surface area contributed by atoms with Crippen LogP contribution in [0.15, 0.2) is 0 Å². The minimum Gasteiger partial charge on any atom is -0.352 e. The van der Waals surface area contributed by atoms with Gasteiger partial charge in [-0.05, 0) is 6.42 Å². The molecule has 1 rings (SSSR count). The third kappa shape index (κ3) is 1.34. The Hall–Kier alpha value is -0.200. The van der Waals surface area contributed by atoms with Crippen molar-refractivity contribution < 1.29 is 21.8 Å². The van der Waals surface area contributed by atoms with Gasteiger partial charge in [0.1, 0.15) is 5.25 Å². The minimum atomic E-state index is -4.55. The largest absolute Gasteiger partial charge is 0.352 e. The zero-order chi connectivity index (χ0) is 9.41. The van der Waals surface area contributed by atoms with Gasteiger partial charge in [0.25, 0.3) is 0 Å². The van der Waals surface area contributed by atoms with E-state index < -0.39 is 21.3 Å². The van der Waals surface area contributed by atoms with Crippen LogP contribution in [0.2, 0.25) is 0 Å². The van der Waals surface area contributed by atoms with Crippen LogP contribution >= 0.6 is 0 Å². The summed E-state index contributed by atoms with van der Waals surface area (Å²) in [7, 11) is -1.94. The summed E-state index contributed by atoms with van der Waals surface area (Å²) in [6.45, 7) is 0. The summed E-state index contributed by atoms with van der Waals surface area (Å²) < 4.78 is 43.2. The molecule has 0 aromatic rings. The highest BCUT2D eigenvalue weighted by atomic mass is 32.3. The Balaban J connectivity index is 2.84. The molecule has 0 aromatic heterocycles. The smallest absolute Gasteiger partial charge is 0.310 e. The third-order valence-corrected chi connectivity index (χ3v) is 3.55. The molecule has 12 heavy (non-hydrogen) atoms. The van der Waals surface area contributed by atoms with Crippen molar-refractivity contribution in [2.45, 2.75) is 23.9 Å². The van der Waals surface area contributed by atoms with E-state index in [0.717, 1.165) is 0 Å². The van der Waals surface area contributed by atoms with E-state index in [2.05, 4.69) is 0 Å². The number of methoxy groups -OCH3 is 2. The van der Waals surface area contributed by atoms with Gasteiger partial charge in [0.2, 0.25) is 0 Å². The van der Waals surface area contributed by atoms with Crippen molar-refractivity contribution in [1.82, 2.24) is 0 Å². The molecule has 0 aliphatic heterocycles. The summed E-state index contributed by atoms with van der Waals surface area (Å²) >= 11 is 0. The van der Waals surface area contributed by atoms with E-state index in [-0.39, 0.29) is 6.42 Å². The fourth-order valence-corrected chi connectivity index (χ4v) is 2.54. The van der Waals surface area contributed by atoms with Crippen molar-refractivity contribution in [1.29, 1.82) is 0 Å². The molecule has 1 atom stereocenters. The molecule has 0 aromatic carbocycles. The van der Waals surface area contributed by atoms with Crippen molar-refractivity contribution in [2.24, 2.45) is 0 Å². The normalized spacial score (nSPS) is 28.1. The van der Waals surface area contributed by atoms with Crippen LogP contribution in [0, 0.1) is 0 Å². The molecule has 72 valence electrons. The molecule has 0 radical (unpaired) electrons. The van der Waals surface area contributed by atoms with Crippen LogP contribution in [0.1, 0.15) is 12.8 Å². The Morgan fingerprint density at radius 1 is 1.42 bits per heavy atom. The number of halogens is 1. The first-order valence-corrected chi connectivity index (χ1v) is 4.95. The van der Waals surface area contributed by atoms with Gasteiger partial charge in [0.15, 0.2) is 5.79 Å². The van der Waals surface area contributed by atoms with E-state index in [1.807, 2.05) is 0 Å². The topological polar surface area (TPSA) is 52.6 Å². The molecule has 6 heteroatoms. The van der Waals surface area contributed by atoms with Gasteiger partial charge < -0.3 is 9.47 Å². The molecule has 1 saturated carbocycles. The van der Waals surface area contributed by atoms with E-state index in [9.17, 15) is 12.3 Å². The van der Waals surface area contributed by atoms with E-state index in [4.69, 9.17) is 9.47 Å². The Labute approximate surface area is 70.9 Å². The fourth-order valence-electron chi connectivity index (χ4n) is 1.40. The SMILES string of the molecule is COC1(OC)CCC1S(=O)(=O)F. The van der Waals surface area contributed by atoms with Crippen LogP contribution in [0.5, 0.6) is 0 Å². The zero-order valence-corrected chi connectivity index (χ0v) is 7.73. The Bertz CT molecular complexity index is 251. The summed E-state index contributed by atoms with van der Waals surface area (Å²) in [5.74, 6) is -1.26. The number of hydrogen-bond acceptors (Lipinski definition) is 4. The van der Waals surface area contributed by atoms with Crippen LogP contribution in [-0.4, -0.2) is 33.7 Å². The maximum atomic E-state index is 12.5. The first kappa shape index (κ1) is 9.88. The summed E-state index contributed by atoms with van der Waals surface area (Å²) in [6.07, 6.45) is 0.661. The Morgan fingerprint density at radius 3 is 2.00 bits per heavy atom. The highest BCUT2D eigenvalue weighted by Crippen LogP contribution is 2.41. The predicted octanol–water partition coefficient (Wildman–Crippen LogP) is 0.437. The lowest BCUT2D eigenvalue weighted by molar-refractivity contribution is -0.245. The molecule has 0 bridgehead atoms. The Kier molecular flexibility index (Phi) is 2.42. The monoisotopic (exact) mass is 198 g/mol. The minimum absolute atomic E-state index is 0.251. The summed E-state index contributed by atoms with van der Waals surface area (Å²) in [4.78, 5) is 0. The van der Waals surface area contributed by atoms with Gasteiger partial charge in [-0.2, -0.15) is 8.42 Å². The molecular formula is C6H11FO4S. The van der Waals surface area contributed by atoms with Gasteiger partial charge in [-0.3, -0.25) is 0 Å². The van der Waals surface area contributed by atoms with Gasteiger partial charge in [-0.1, -0.05) is 0 Å². The molecule has 1 fully saturated rings. The van der Waals surface area contributed by atoms with E-state index in [1.165, 1.54) is 14.2 Å². The van der Waals surface area contributed by atoms with Crippen LogP contribution < -0.4 is 0 Å². The van der Waals surface area contributed by atoms with E-state index >= 15 is 0 Å². The summed E-state index contributed by atoms with van der Waals surface area (Å²) in [6, 6.07) is 0. The molecule has 0 amide bonds. The number of ether oxygens (including phenoxy) is 2. The standard InChI is InChI=1S/C6H11FO4S/c1-10-6(11-2)4-3-5(6)12(7,8)9/h5H,3-4H2,1-2H3. The first-order chi connectivity index (χ1) is 5.46. The second-order valence-corrected chi connectivity index (χ2v) is 4.24. The summed E-state index contributed by atoms with van der Waals surface area (Å²) in [5.41, 5.74) is 0. The van der Waals surface area contributed by atoms with Crippen LogP contribution in [0.25, 0.3) is 0 Å². The molecule has 4 nitrogen and oxygen atoms in total. The first-order valence-electron chi connectivity index (χ1n) is 3.50. The van der Waals surface area contributed by atoms with Crippen LogP contribution in [0.3, 0.4) is 0 Å². The molecular weight excluding hydrogens is 187 g/mol. The second kappa shape index (κ2) is 2.93. The zero-order valence-electron chi connectivity index (χ0n) is 6.91. The van der Waals surface area contributed by atoms with Crippen molar-refractivity contribution >= 4 is 10.2 Å². The van der Waals surface area contributed by atoms with Gasteiger partial charge in [-0.25, -0.2) is 0 Å². The molecule has 0 N–H and O–H groups in total. The van der Waals surface area contributed by atoms with Gasteiger partial charge in [0.05, 0.1) is 0 Å². The maximum absolute atomic E-state index is 12.5. The molecule has 1 unspecified atom stereocenters. The third-order valence-electron chi connectivity index (χ3n) is 2.28. The predicted molar refractivity (Wildman–Crippen MR) is 39.8 cm³/mol. The number of rotatable bonds is 3. The number of hydrogen-bond donors (Lipinski definition) is 0. The molecule has 1 aliphatic carbocycles. The van der Waals surface area contributed by atoms with Gasteiger partial charge in [0, 0.05) is 20.6 Å². The lowest BCUT2D eigenvalue weighted by atomic mass is 9.90. The molecule has 0 spiro atoms. The van der Waals surface area contributed by atoms with Crippen molar-refractivity contribution in [3.8, 4) is 0 Å². The van der Waals surface area contributed by atoms with Crippen LogP contribution in [0.4, 0.5) is 3.89 Å². The molecule has 0 saturated heterocycles. The van der Waals surface area contributed by atoms with Gasteiger partial charge in [-0.15, -0.1) is 3.89 Å². The average Bonchev–Trinajstić information content (AvgIpc) is 1.85. The fraction of sp³-hybridized carbons (Fsp3) is 1.00. The van der Waals surface area contributed by atoms with Crippen molar-refractivity contribution in [2.75, 3.05) is 14.2 Å². The van der Waals surface area contributed by atoms with E-state index in [0.29, 0.717) is 6.42 Å². The van der Waals surface area contributed by atoms with Gasteiger partial charge >= 0.3 is 10.2 Å². The van der Waals surface area contributed by atoms with Crippen LogP contribution in [-0.2, 0) is 19.7 Å². The van der Waals surface area contributed by atoms with E-state index in [1.54, 1.807) is 0 Å². The highest BCUT2D eigenvalue weighted by Gasteiger charge is 2.55. The second-order valence-electron chi connectivity index (χ2n) is 2.72. The Morgan fingerprint density at radius 2 is 1.92 bits per heavy atom. The lowest BCUT2D eigenvalue weighted by Gasteiger charge is -2.43. The van der Waals surface area contributed by atoms with Crippen molar-refractivity contribution in [3.63, 3.8) is 0 Å². The quantitative estimate of drug-likeness (QED) is 0.487. The maximum Gasteiger partial charge on any atom is 0.310 e. The molecule has 1 aliphatic rings. The average molecular weight is 198 g/mol.